The Bertz CT molecular complexity index is 510. The quantitative estimate of drug-likeness (QED) is 0.746. The van der Waals surface area contributed by atoms with Crippen LogP contribution in [-0.4, -0.2) is 22.7 Å². The molecule has 0 amide bonds. The summed E-state index contributed by atoms with van der Waals surface area (Å²) < 4.78 is 14.9. The molecule has 0 saturated heterocycles. The normalized spacial score (nSPS) is 10.1. The zero-order valence-electron chi connectivity index (χ0n) is 9.83. The van der Waals surface area contributed by atoms with Crippen molar-refractivity contribution in [2.24, 2.45) is 0 Å². The van der Waals surface area contributed by atoms with Crippen molar-refractivity contribution in [3.05, 3.63) is 42.0 Å². The van der Waals surface area contributed by atoms with E-state index in [1.807, 2.05) is 18.2 Å². The highest BCUT2D eigenvalue weighted by Crippen LogP contribution is 2.08. The van der Waals surface area contributed by atoms with Gasteiger partial charge in [0, 0.05) is 6.92 Å². The first-order valence-corrected chi connectivity index (χ1v) is 5.37. The van der Waals surface area contributed by atoms with Gasteiger partial charge < -0.3 is 14.0 Å². The van der Waals surface area contributed by atoms with Crippen molar-refractivity contribution in [2.75, 3.05) is 6.61 Å². The van der Waals surface area contributed by atoms with Gasteiger partial charge >= 0.3 is 5.97 Å². The number of benzene rings is 1. The molecule has 6 heteroatoms. The number of nitrogens with zero attached hydrogens (tertiary/aromatic N) is 2. The van der Waals surface area contributed by atoms with Crippen molar-refractivity contribution in [3.8, 4) is 5.75 Å². The molecular weight excluding hydrogens is 236 g/mol. The molecule has 0 unspecified atom stereocenters. The number of aromatic nitrogens is 2. The van der Waals surface area contributed by atoms with E-state index in [0.717, 1.165) is 0 Å². The summed E-state index contributed by atoms with van der Waals surface area (Å²) in [6.45, 7) is 1.49. The van der Waals surface area contributed by atoms with Crippen LogP contribution in [0.1, 0.15) is 11.7 Å². The summed E-state index contributed by atoms with van der Waals surface area (Å²) in [6, 6.07) is 9.03. The number of carbonyl (C=O) groups excluding carboxylic acids is 1. The Labute approximate surface area is 104 Å². The SMILES string of the molecule is Cc1nc(COC(=O)COc2ccccc2)no1. The molecule has 0 aliphatic carbocycles. The van der Waals surface area contributed by atoms with E-state index >= 15 is 0 Å². The third kappa shape index (κ3) is 3.58. The Kier molecular flexibility index (Phi) is 3.90. The Morgan fingerprint density at radius 2 is 2.11 bits per heavy atom. The van der Waals surface area contributed by atoms with E-state index in [1.165, 1.54) is 0 Å². The van der Waals surface area contributed by atoms with Gasteiger partial charge in [-0.25, -0.2) is 4.79 Å². The molecule has 18 heavy (non-hydrogen) atoms. The average molecular weight is 248 g/mol. The highest BCUT2D eigenvalue weighted by atomic mass is 16.6. The summed E-state index contributed by atoms with van der Waals surface area (Å²) in [5.41, 5.74) is 0. The first kappa shape index (κ1) is 12.1. The van der Waals surface area contributed by atoms with Gasteiger partial charge in [0.05, 0.1) is 0 Å². The highest BCUT2D eigenvalue weighted by Gasteiger charge is 2.08. The second kappa shape index (κ2) is 5.81. The van der Waals surface area contributed by atoms with E-state index in [9.17, 15) is 4.79 Å². The second-order valence-corrected chi connectivity index (χ2v) is 3.49. The maximum atomic E-state index is 11.4. The number of esters is 1. The van der Waals surface area contributed by atoms with E-state index in [1.54, 1.807) is 19.1 Å². The molecule has 94 valence electrons. The number of carbonyl (C=O) groups is 1. The zero-order chi connectivity index (χ0) is 12.8. The summed E-state index contributed by atoms with van der Waals surface area (Å²) >= 11 is 0. The first-order chi connectivity index (χ1) is 8.74. The monoisotopic (exact) mass is 248 g/mol. The smallest absolute Gasteiger partial charge is 0.344 e. The lowest BCUT2D eigenvalue weighted by Gasteiger charge is -2.05. The van der Waals surface area contributed by atoms with Gasteiger partial charge in [0.1, 0.15) is 5.75 Å². The van der Waals surface area contributed by atoms with Crippen LogP contribution < -0.4 is 4.74 Å². The largest absolute Gasteiger partial charge is 0.482 e. The van der Waals surface area contributed by atoms with Crippen LogP contribution in [0.3, 0.4) is 0 Å². The number of ether oxygens (including phenoxy) is 2. The van der Waals surface area contributed by atoms with Crippen LogP contribution >= 0.6 is 0 Å². The summed E-state index contributed by atoms with van der Waals surface area (Å²) in [5.74, 6) is 0.897. The van der Waals surface area contributed by atoms with Gasteiger partial charge in [0.2, 0.25) is 11.7 Å². The number of rotatable bonds is 5. The molecule has 1 aromatic heterocycles. The minimum Gasteiger partial charge on any atom is -0.482 e. The van der Waals surface area contributed by atoms with Gasteiger partial charge in [0.25, 0.3) is 0 Å². The number of hydrogen-bond donors (Lipinski definition) is 0. The predicted molar refractivity (Wildman–Crippen MR) is 60.8 cm³/mol. The van der Waals surface area contributed by atoms with Crippen LogP contribution in [0.15, 0.2) is 34.9 Å². The summed E-state index contributed by atoms with van der Waals surface area (Å²) in [6.07, 6.45) is 0. The summed E-state index contributed by atoms with van der Waals surface area (Å²) in [7, 11) is 0. The standard InChI is InChI=1S/C12H12N2O4/c1-9-13-11(14-18-9)7-17-12(15)8-16-10-5-3-2-4-6-10/h2-6H,7-8H2,1H3. The van der Waals surface area contributed by atoms with Gasteiger partial charge in [0.15, 0.2) is 13.2 Å². The Morgan fingerprint density at radius 3 is 2.78 bits per heavy atom. The molecule has 6 nitrogen and oxygen atoms in total. The average Bonchev–Trinajstić information content (AvgIpc) is 2.81. The lowest BCUT2D eigenvalue weighted by molar-refractivity contribution is -0.147. The molecule has 0 atom stereocenters. The molecule has 0 aliphatic rings. The third-order valence-corrected chi connectivity index (χ3v) is 2.03. The third-order valence-electron chi connectivity index (χ3n) is 2.03. The van der Waals surface area contributed by atoms with E-state index in [-0.39, 0.29) is 13.2 Å². The molecule has 1 heterocycles. The van der Waals surface area contributed by atoms with Crippen molar-refractivity contribution in [1.29, 1.82) is 0 Å². The van der Waals surface area contributed by atoms with Crippen LogP contribution in [0.25, 0.3) is 0 Å². The van der Waals surface area contributed by atoms with Gasteiger partial charge in [-0.2, -0.15) is 4.98 Å². The van der Waals surface area contributed by atoms with Crippen LogP contribution in [0.2, 0.25) is 0 Å². The van der Waals surface area contributed by atoms with Crippen molar-refractivity contribution < 1.29 is 18.8 Å². The van der Waals surface area contributed by atoms with Gasteiger partial charge in [-0.15, -0.1) is 0 Å². The fourth-order valence-corrected chi connectivity index (χ4v) is 1.25. The number of para-hydroxylation sites is 1. The van der Waals surface area contributed by atoms with E-state index in [4.69, 9.17) is 14.0 Å². The molecule has 2 rings (SSSR count). The number of hydrogen-bond acceptors (Lipinski definition) is 6. The van der Waals surface area contributed by atoms with Crippen molar-refractivity contribution >= 4 is 5.97 Å². The Balaban J connectivity index is 1.73. The van der Waals surface area contributed by atoms with Crippen molar-refractivity contribution in [1.82, 2.24) is 10.1 Å². The van der Waals surface area contributed by atoms with Crippen molar-refractivity contribution in [3.63, 3.8) is 0 Å². The highest BCUT2D eigenvalue weighted by molar-refractivity contribution is 5.71. The number of aryl methyl sites for hydroxylation is 1. The van der Waals surface area contributed by atoms with Crippen LogP contribution in [0.4, 0.5) is 0 Å². The lowest BCUT2D eigenvalue weighted by atomic mass is 10.3. The molecule has 1 aromatic carbocycles. The Hall–Kier alpha value is -2.37. The minimum absolute atomic E-state index is 0.0195. The van der Waals surface area contributed by atoms with E-state index in [0.29, 0.717) is 17.5 Å². The van der Waals surface area contributed by atoms with E-state index in [2.05, 4.69) is 10.1 Å². The maximum Gasteiger partial charge on any atom is 0.344 e. The predicted octanol–water partition coefficient (Wildman–Crippen LogP) is 1.50. The van der Waals surface area contributed by atoms with Crippen molar-refractivity contribution in [2.45, 2.75) is 13.5 Å². The topological polar surface area (TPSA) is 74.5 Å². The Morgan fingerprint density at radius 1 is 1.33 bits per heavy atom. The summed E-state index contributed by atoms with van der Waals surface area (Å²) in [4.78, 5) is 15.3. The van der Waals surface area contributed by atoms with Gasteiger partial charge in [-0.1, -0.05) is 23.4 Å². The molecule has 0 bridgehead atoms. The first-order valence-electron chi connectivity index (χ1n) is 5.37. The van der Waals surface area contributed by atoms with Gasteiger partial charge in [-0.3, -0.25) is 0 Å². The molecule has 0 radical (unpaired) electrons. The van der Waals surface area contributed by atoms with Crippen LogP contribution in [0, 0.1) is 6.92 Å². The zero-order valence-corrected chi connectivity index (χ0v) is 9.83. The molecular formula is C12H12N2O4. The maximum absolute atomic E-state index is 11.4. The van der Waals surface area contributed by atoms with Crippen LogP contribution in [0.5, 0.6) is 5.75 Å². The van der Waals surface area contributed by atoms with Crippen LogP contribution in [-0.2, 0) is 16.1 Å². The molecule has 0 fully saturated rings. The lowest BCUT2D eigenvalue weighted by Crippen LogP contribution is -2.15. The van der Waals surface area contributed by atoms with Gasteiger partial charge in [-0.05, 0) is 12.1 Å². The second-order valence-electron chi connectivity index (χ2n) is 3.49. The molecule has 0 spiro atoms. The molecule has 0 saturated carbocycles. The molecule has 0 aliphatic heterocycles. The van der Waals surface area contributed by atoms with E-state index < -0.39 is 5.97 Å². The molecule has 2 aromatic rings. The summed E-state index contributed by atoms with van der Waals surface area (Å²) in [5, 5.41) is 3.60. The minimum atomic E-state index is -0.485. The fourth-order valence-electron chi connectivity index (χ4n) is 1.25. The fraction of sp³-hybridized carbons (Fsp3) is 0.250. The molecule has 0 N–H and O–H groups in total.